The maximum absolute atomic E-state index is 11.9. The Labute approximate surface area is 136 Å². The van der Waals surface area contributed by atoms with E-state index in [0.717, 1.165) is 23.1 Å². The van der Waals surface area contributed by atoms with Gasteiger partial charge in [0.15, 0.2) is 0 Å². The summed E-state index contributed by atoms with van der Waals surface area (Å²) in [5.41, 5.74) is 0.00234. The zero-order valence-electron chi connectivity index (χ0n) is 12.4. The molecule has 2 bridgehead atoms. The average Bonchev–Trinajstić information content (AvgIpc) is 3.03. The lowest BCUT2D eigenvalue weighted by molar-refractivity contribution is 0.313. The summed E-state index contributed by atoms with van der Waals surface area (Å²) < 4.78 is 4.61. The standard InChI is InChI=1S/C15H18BrN5O/c1-19-9-17-14(6-15(19)22)21-11-2-3-12(21)5-13(4-11)20-8-10(16)7-18-20/h6-9,11-13H,2-5H2,1H3. The summed E-state index contributed by atoms with van der Waals surface area (Å²) in [6.07, 6.45) is 9.96. The van der Waals surface area contributed by atoms with Crippen LogP contribution < -0.4 is 10.5 Å². The topological polar surface area (TPSA) is 56.0 Å². The zero-order chi connectivity index (χ0) is 15.3. The molecule has 4 rings (SSSR count). The van der Waals surface area contributed by atoms with Gasteiger partial charge in [-0.05, 0) is 41.6 Å². The number of piperidine rings is 1. The molecule has 2 aliphatic rings. The first kappa shape index (κ1) is 14.0. The van der Waals surface area contributed by atoms with Gasteiger partial charge in [0.1, 0.15) is 5.82 Å². The van der Waals surface area contributed by atoms with Gasteiger partial charge >= 0.3 is 0 Å². The predicted molar refractivity (Wildman–Crippen MR) is 87.0 cm³/mol. The third-order valence-corrected chi connectivity index (χ3v) is 5.29. The summed E-state index contributed by atoms with van der Waals surface area (Å²) in [5.74, 6) is 0.829. The molecule has 7 heteroatoms. The Balaban J connectivity index is 1.60. The number of nitrogens with zero attached hydrogens (tertiary/aromatic N) is 5. The van der Waals surface area contributed by atoms with Crippen LogP contribution in [0.25, 0.3) is 0 Å². The first-order valence-electron chi connectivity index (χ1n) is 7.62. The smallest absolute Gasteiger partial charge is 0.255 e. The van der Waals surface area contributed by atoms with E-state index in [1.54, 1.807) is 19.4 Å². The Bertz CT molecular complexity index is 740. The van der Waals surface area contributed by atoms with E-state index >= 15 is 0 Å². The van der Waals surface area contributed by atoms with E-state index < -0.39 is 0 Å². The van der Waals surface area contributed by atoms with E-state index in [4.69, 9.17) is 0 Å². The first-order valence-corrected chi connectivity index (χ1v) is 8.42. The SMILES string of the molecule is Cn1cnc(N2C3CCC2CC(n2cc(Br)cn2)C3)cc1=O. The van der Waals surface area contributed by atoms with Crippen molar-refractivity contribution >= 4 is 21.7 Å². The number of rotatable bonds is 2. The average molecular weight is 364 g/mol. The second kappa shape index (κ2) is 5.22. The van der Waals surface area contributed by atoms with Crippen LogP contribution in [0.1, 0.15) is 31.7 Å². The normalized spacial score (nSPS) is 27.4. The molecule has 2 atom stereocenters. The number of aromatic nitrogens is 4. The molecule has 2 aromatic rings. The van der Waals surface area contributed by atoms with Crippen molar-refractivity contribution in [2.24, 2.45) is 7.05 Å². The largest absolute Gasteiger partial charge is 0.350 e. The van der Waals surface area contributed by atoms with E-state index in [9.17, 15) is 4.79 Å². The third kappa shape index (κ3) is 2.27. The van der Waals surface area contributed by atoms with Gasteiger partial charge in [-0.3, -0.25) is 9.48 Å². The van der Waals surface area contributed by atoms with Crippen molar-refractivity contribution in [1.82, 2.24) is 19.3 Å². The molecule has 2 fully saturated rings. The molecule has 0 aliphatic carbocycles. The van der Waals surface area contributed by atoms with Gasteiger partial charge in [0, 0.05) is 31.4 Å². The van der Waals surface area contributed by atoms with Crippen LogP contribution in [-0.2, 0) is 7.05 Å². The highest BCUT2D eigenvalue weighted by atomic mass is 79.9. The Hall–Kier alpha value is -1.63. The van der Waals surface area contributed by atoms with Crippen molar-refractivity contribution in [1.29, 1.82) is 0 Å². The van der Waals surface area contributed by atoms with Crippen molar-refractivity contribution in [2.45, 2.75) is 43.8 Å². The quantitative estimate of drug-likeness (QED) is 0.819. The van der Waals surface area contributed by atoms with Crippen molar-refractivity contribution in [2.75, 3.05) is 4.90 Å². The fraction of sp³-hybridized carbons (Fsp3) is 0.533. The van der Waals surface area contributed by atoms with Gasteiger partial charge in [-0.25, -0.2) is 4.98 Å². The molecular formula is C15H18BrN5O. The molecule has 4 heterocycles. The highest BCUT2D eigenvalue weighted by Crippen LogP contribution is 2.42. The highest BCUT2D eigenvalue weighted by molar-refractivity contribution is 9.10. The van der Waals surface area contributed by atoms with Gasteiger partial charge in [-0.1, -0.05) is 0 Å². The summed E-state index contributed by atoms with van der Waals surface area (Å²) in [5, 5.41) is 4.44. The molecule has 2 aromatic heterocycles. The molecule has 22 heavy (non-hydrogen) atoms. The fourth-order valence-electron chi connectivity index (χ4n) is 3.85. The fourth-order valence-corrected chi connectivity index (χ4v) is 4.15. The monoisotopic (exact) mass is 363 g/mol. The molecule has 2 saturated heterocycles. The molecule has 2 aliphatic heterocycles. The number of hydrogen-bond donors (Lipinski definition) is 0. The minimum absolute atomic E-state index is 0.00234. The molecule has 0 radical (unpaired) electrons. The van der Waals surface area contributed by atoms with Crippen LogP contribution in [0.15, 0.2) is 34.1 Å². The summed E-state index contributed by atoms with van der Waals surface area (Å²) >= 11 is 3.47. The maximum atomic E-state index is 11.9. The molecule has 0 spiro atoms. The summed E-state index contributed by atoms with van der Waals surface area (Å²) in [6.45, 7) is 0. The van der Waals surface area contributed by atoms with E-state index in [-0.39, 0.29) is 5.56 Å². The third-order valence-electron chi connectivity index (χ3n) is 4.88. The molecular weight excluding hydrogens is 346 g/mol. The zero-order valence-corrected chi connectivity index (χ0v) is 14.0. The lowest BCUT2D eigenvalue weighted by Crippen LogP contribution is -2.44. The van der Waals surface area contributed by atoms with Gasteiger partial charge in [0.2, 0.25) is 0 Å². The number of fused-ring (bicyclic) bond motifs is 2. The number of anilines is 1. The lowest BCUT2D eigenvalue weighted by Gasteiger charge is -2.39. The molecule has 0 amide bonds. The lowest BCUT2D eigenvalue weighted by atomic mass is 9.97. The summed E-state index contributed by atoms with van der Waals surface area (Å²) in [6, 6.07) is 3.00. The Morgan fingerprint density at radius 2 is 1.95 bits per heavy atom. The minimum Gasteiger partial charge on any atom is -0.350 e. The van der Waals surface area contributed by atoms with E-state index in [0.29, 0.717) is 18.1 Å². The Morgan fingerprint density at radius 1 is 1.23 bits per heavy atom. The van der Waals surface area contributed by atoms with E-state index in [2.05, 4.69) is 41.8 Å². The van der Waals surface area contributed by atoms with Gasteiger partial charge in [-0.2, -0.15) is 5.10 Å². The predicted octanol–water partition coefficient (Wildman–Crippen LogP) is 2.11. The highest BCUT2D eigenvalue weighted by Gasteiger charge is 2.42. The first-order chi connectivity index (χ1) is 10.6. The van der Waals surface area contributed by atoms with Crippen LogP contribution >= 0.6 is 15.9 Å². The van der Waals surface area contributed by atoms with Crippen LogP contribution in [0.3, 0.4) is 0 Å². The van der Waals surface area contributed by atoms with Crippen LogP contribution in [0, 0.1) is 0 Å². The van der Waals surface area contributed by atoms with Crippen LogP contribution in [0.2, 0.25) is 0 Å². The second-order valence-corrected chi connectivity index (χ2v) is 7.17. The Morgan fingerprint density at radius 3 is 2.55 bits per heavy atom. The number of halogens is 1. The van der Waals surface area contributed by atoms with E-state index in [1.807, 2.05) is 6.20 Å². The Kier molecular flexibility index (Phi) is 3.32. The van der Waals surface area contributed by atoms with Gasteiger partial charge in [0.25, 0.3) is 5.56 Å². The second-order valence-electron chi connectivity index (χ2n) is 6.25. The van der Waals surface area contributed by atoms with Gasteiger partial charge in [0.05, 0.1) is 23.0 Å². The number of aryl methyl sites for hydroxylation is 1. The minimum atomic E-state index is 0.00234. The molecule has 116 valence electrons. The maximum Gasteiger partial charge on any atom is 0.255 e. The van der Waals surface area contributed by atoms with Crippen molar-refractivity contribution in [3.8, 4) is 0 Å². The summed E-state index contributed by atoms with van der Waals surface area (Å²) in [7, 11) is 1.73. The molecule has 2 unspecified atom stereocenters. The van der Waals surface area contributed by atoms with Gasteiger partial charge < -0.3 is 9.47 Å². The van der Waals surface area contributed by atoms with Crippen LogP contribution in [-0.4, -0.2) is 31.4 Å². The van der Waals surface area contributed by atoms with Crippen molar-refractivity contribution in [3.63, 3.8) is 0 Å². The number of hydrogen-bond acceptors (Lipinski definition) is 4. The molecule has 0 aromatic carbocycles. The molecule has 6 nitrogen and oxygen atoms in total. The van der Waals surface area contributed by atoms with Crippen molar-refractivity contribution in [3.05, 3.63) is 39.6 Å². The van der Waals surface area contributed by atoms with Gasteiger partial charge in [-0.15, -0.1) is 0 Å². The van der Waals surface area contributed by atoms with E-state index in [1.165, 1.54) is 17.4 Å². The molecule has 0 N–H and O–H groups in total. The summed E-state index contributed by atoms with van der Waals surface area (Å²) in [4.78, 5) is 18.7. The van der Waals surface area contributed by atoms with Crippen molar-refractivity contribution < 1.29 is 0 Å². The molecule has 0 saturated carbocycles. The van der Waals surface area contributed by atoms with Crippen LogP contribution in [0.5, 0.6) is 0 Å². The van der Waals surface area contributed by atoms with Crippen LogP contribution in [0.4, 0.5) is 5.82 Å².